The molecule has 0 fully saturated rings. The normalized spacial score (nSPS) is 17.8. The van der Waals surface area contributed by atoms with E-state index in [0.717, 1.165) is 34.8 Å². The summed E-state index contributed by atoms with van der Waals surface area (Å²) < 4.78 is 0. The number of carbonyl (C=O) groups is 1. The first kappa shape index (κ1) is 26.9. The van der Waals surface area contributed by atoms with Crippen LogP contribution >= 0.6 is 0 Å². The van der Waals surface area contributed by atoms with Gasteiger partial charge < -0.3 is 20.7 Å². The molecule has 38 heavy (non-hydrogen) atoms. The lowest BCUT2D eigenvalue weighted by Gasteiger charge is -2.44. The average Bonchev–Trinajstić information content (AvgIpc) is 2.89. The van der Waals surface area contributed by atoms with Crippen molar-refractivity contribution in [2.45, 2.75) is 51.6 Å². The quantitative estimate of drug-likeness (QED) is 0.242. The minimum Gasteiger partial charge on any atom is -0.478 e. The largest absolute Gasteiger partial charge is 0.478 e. The number of carboxylic acids is 1. The fraction of sp³-hybridized carbons (Fsp3) is 0.273. The van der Waals surface area contributed by atoms with E-state index in [2.05, 4.69) is 92.5 Å². The van der Waals surface area contributed by atoms with E-state index in [1.807, 2.05) is 25.4 Å². The average molecular weight is 508 g/mol. The van der Waals surface area contributed by atoms with Crippen molar-refractivity contribution in [1.29, 1.82) is 5.41 Å². The van der Waals surface area contributed by atoms with Crippen LogP contribution in [0.2, 0.25) is 0 Å². The summed E-state index contributed by atoms with van der Waals surface area (Å²) >= 11 is 0. The predicted molar refractivity (Wildman–Crippen MR) is 158 cm³/mol. The Morgan fingerprint density at radius 1 is 1.05 bits per heavy atom. The lowest BCUT2D eigenvalue weighted by Crippen LogP contribution is -2.43. The molecule has 1 heterocycles. The van der Waals surface area contributed by atoms with Crippen LogP contribution in [0, 0.1) is 5.41 Å². The van der Waals surface area contributed by atoms with E-state index in [4.69, 9.17) is 10.5 Å². The summed E-state index contributed by atoms with van der Waals surface area (Å²) in [6.07, 6.45) is 6.91. The van der Waals surface area contributed by atoms with E-state index in [1.165, 1.54) is 28.6 Å². The zero-order chi connectivity index (χ0) is 27.4. The highest BCUT2D eigenvalue weighted by Gasteiger charge is 2.34. The molecule has 0 amide bonds. The summed E-state index contributed by atoms with van der Waals surface area (Å²) in [5.74, 6) is -0.957. The Balaban J connectivity index is 1.83. The van der Waals surface area contributed by atoms with Crippen molar-refractivity contribution >= 4 is 29.5 Å². The standard InChI is InChI=1S/C33H37N3O2/c1-22-18-26-19-25(27(20-34)21-35-5)11-16-30(26)32(24-9-6-23(7-10-24)8-17-31(37)38)36(22)29-14-12-28(13-15-29)33(2,3)4/h6-17,19-22,32,34-35H,18H2,1-5H3,(H,37,38)/b17-8+,27-21+,34-20?. The van der Waals surface area contributed by atoms with Crippen LogP contribution in [-0.2, 0) is 16.6 Å². The number of hydrogen-bond acceptors (Lipinski definition) is 4. The lowest BCUT2D eigenvalue weighted by atomic mass is 9.82. The molecule has 1 aliphatic heterocycles. The van der Waals surface area contributed by atoms with Gasteiger partial charge in [0.1, 0.15) is 0 Å². The maximum Gasteiger partial charge on any atom is 0.328 e. The van der Waals surface area contributed by atoms with Crippen LogP contribution in [-0.4, -0.2) is 30.4 Å². The van der Waals surface area contributed by atoms with Gasteiger partial charge in [0.15, 0.2) is 0 Å². The SMILES string of the molecule is CN/C=C(\C=N)c1ccc2c(c1)CC(C)N(c1ccc(C(C)(C)C)cc1)C2c1ccc(/C=C/C(=O)O)cc1. The van der Waals surface area contributed by atoms with Gasteiger partial charge in [-0.3, -0.25) is 0 Å². The van der Waals surface area contributed by atoms with Crippen LogP contribution in [0.25, 0.3) is 11.6 Å². The molecule has 0 saturated carbocycles. The first-order valence-electron chi connectivity index (χ1n) is 13.0. The minimum atomic E-state index is -0.957. The number of hydrogen-bond donors (Lipinski definition) is 3. The number of aliphatic carboxylic acids is 1. The fourth-order valence-electron chi connectivity index (χ4n) is 5.25. The lowest BCUT2D eigenvalue weighted by molar-refractivity contribution is -0.131. The number of fused-ring (bicyclic) bond motifs is 1. The van der Waals surface area contributed by atoms with Crippen molar-refractivity contribution in [3.63, 3.8) is 0 Å². The van der Waals surface area contributed by atoms with Gasteiger partial charge in [-0.2, -0.15) is 0 Å². The molecular weight excluding hydrogens is 470 g/mol. The zero-order valence-electron chi connectivity index (χ0n) is 22.8. The van der Waals surface area contributed by atoms with Gasteiger partial charge in [-0.25, -0.2) is 4.79 Å². The molecule has 0 aromatic heterocycles. The Bertz CT molecular complexity index is 1360. The van der Waals surface area contributed by atoms with Crippen LogP contribution in [0.5, 0.6) is 0 Å². The van der Waals surface area contributed by atoms with Crippen LogP contribution in [0.4, 0.5) is 5.69 Å². The molecule has 0 bridgehead atoms. The van der Waals surface area contributed by atoms with Gasteiger partial charge in [0, 0.05) is 42.8 Å². The van der Waals surface area contributed by atoms with E-state index >= 15 is 0 Å². The van der Waals surface area contributed by atoms with Gasteiger partial charge in [0.05, 0.1) is 6.04 Å². The Kier molecular flexibility index (Phi) is 7.86. The second kappa shape index (κ2) is 11.1. The van der Waals surface area contributed by atoms with Crippen molar-refractivity contribution in [1.82, 2.24) is 5.32 Å². The molecule has 5 nitrogen and oxygen atoms in total. The molecule has 5 heteroatoms. The van der Waals surface area contributed by atoms with E-state index in [0.29, 0.717) is 0 Å². The summed E-state index contributed by atoms with van der Waals surface area (Å²) in [6, 6.07) is 23.8. The van der Waals surface area contributed by atoms with E-state index < -0.39 is 5.97 Å². The third-order valence-corrected chi connectivity index (χ3v) is 7.20. The molecule has 4 rings (SSSR count). The number of allylic oxidation sites excluding steroid dienone is 1. The van der Waals surface area contributed by atoms with Crippen molar-refractivity contribution in [3.05, 3.63) is 112 Å². The Morgan fingerprint density at radius 3 is 2.32 bits per heavy atom. The predicted octanol–water partition coefficient (Wildman–Crippen LogP) is 6.83. The molecular formula is C33H37N3O2. The van der Waals surface area contributed by atoms with E-state index in [-0.39, 0.29) is 17.5 Å². The van der Waals surface area contributed by atoms with Gasteiger partial charge in [0.2, 0.25) is 0 Å². The smallest absolute Gasteiger partial charge is 0.328 e. The molecule has 0 radical (unpaired) electrons. The summed E-state index contributed by atoms with van der Waals surface area (Å²) in [5, 5.41) is 19.9. The molecule has 0 aliphatic carbocycles. The fourth-order valence-corrected chi connectivity index (χ4v) is 5.25. The number of benzene rings is 3. The first-order chi connectivity index (χ1) is 18.1. The number of nitrogens with one attached hydrogen (secondary N) is 2. The third kappa shape index (κ3) is 5.72. The third-order valence-electron chi connectivity index (χ3n) is 7.20. The molecule has 3 aromatic rings. The van der Waals surface area contributed by atoms with Crippen molar-refractivity contribution in [2.24, 2.45) is 0 Å². The monoisotopic (exact) mass is 507 g/mol. The topological polar surface area (TPSA) is 76.4 Å². The van der Waals surface area contributed by atoms with E-state index in [9.17, 15) is 4.79 Å². The molecule has 3 N–H and O–H groups in total. The summed E-state index contributed by atoms with van der Waals surface area (Å²) in [4.78, 5) is 13.5. The molecule has 196 valence electrons. The molecule has 0 spiro atoms. The number of anilines is 1. The summed E-state index contributed by atoms with van der Waals surface area (Å²) in [5.41, 5.74) is 8.95. The van der Waals surface area contributed by atoms with Crippen molar-refractivity contribution in [2.75, 3.05) is 11.9 Å². The van der Waals surface area contributed by atoms with Crippen molar-refractivity contribution in [3.8, 4) is 0 Å². The second-order valence-corrected chi connectivity index (χ2v) is 10.9. The van der Waals surface area contributed by atoms with E-state index in [1.54, 1.807) is 6.08 Å². The minimum absolute atomic E-state index is 0.00231. The maximum absolute atomic E-state index is 11.0. The molecule has 2 unspecified atom stereocenters. The van der Waals surface area contributed by atoms with Gasteiger partial charge in [0.25, 0.3) is 0 Å². The zero-order valence-corrected chi connectivity index (χ0v) is 22.8. The van der Waals surface area contributed by atoms with Crippen LogP contribution in [0.15, 0.2) is 79.0 Å². The number of nitrogens with zero attached hydrogens (tertiary/aromatic N) is 1. The summed E-state index contributed by atoms with van der Waals surface area (Å²) in [7, 11) is 1.85. The van der Waals surface area contributed by atoms with Crippen LogP contribution in [0.3, 0.4) is 0 Å². The van der Waals surface area contributed by atoms with Crippen molar-refractivity contribution < 1.29 is 9.90 Å². The maximum atomic E-state index is 11.0. The number of carboxylic acid groups (broad SMARTS) is 1. The Morgan fingerprint density at radius 2 is 1.74 bits per heavy atom. The van der Waals surface area contributed by atoms with Gasteiger partial charge >= 0.3 is 5.97 Å². The van der Waals surface area contributed by atoms with Gasteiger partial charge in [-0.15, -0.1) is 0 Å². The highest BCUT2D eigenvalue weighted by Crippen LogP contribution is 2.42. The molecule has 1 aliphatic rings. The second-order valence-electron chi connectivity index (χ2n) is 10.9. The molecule has 0 saturated heterocycles. The highest BCUT2D eigenvalue weighted by molar-refractivity contribution is 6.08. The Labute approximate surface area is 226 Å². The van der Waals surface area contributed by atoms with Gasteiger partial charge in [-0.05, 0) is 70.3 Å². The summed E-state index contributed by atoms with van der Waals surface area (Å²) in [6.45, 7) is 8.96. The van der Waals surface area contributed by atoms with Gasteiger partial charge in [-0.1, -0.05) is 75.4 Å². The molecule has 3 aromatic carbocycles. The van der Waals surface area contributed by atoms with Crippen LogP contribution < -0.4 is 10.2 Å². The first-order valence-corrected chi connectivity index (χ1v) is 13.0. The van der Waals surface area contributed by atoms with Crippen LogP contribution in [0.1, 0.15) is 67.1 Å². The Hall–Kier alpha value is -4.12. The molecule has 2 atom stereocenters. The number of rotatable bonds is 7. The highest BCUT2D eigenvalue weighted by atomic mass is 16.4.